The summed E-state index contributed by atoms with van der Waals surface area (Å²) >= 11 is 0. The predicted octanol–water partition coefficient (Wildman–Crippen LogP) is -1.22. The van der Waals surface area contributed by atoms with Gasteiger partial charge in [0.15, 0.2) is 11.9 Å². The molecule has 0 unspecified atom stereocenters. The lowest BCUT2D eigenvalue weighted by Crippen LogP contribution is -2.60. The molecule has 17 heteroatoms. The topological polar surface area (TPSA) is 309 Å². The smallest absolute Gasteiger partial charge is 0.326 e. The molecule has 50 heavy (non-hydrogen) atoms. The number of benzene rings is 1. The second kappa shape index (κ2) is 22.7. The number of aliphatic carboxylic acids is 1. The van der Waals surface area contributed by atoms with Crippen LogP contribution in [0.2, 0.25) is 0 Å². The van der Waals surface area contributed by atoms with Gasteiger partial charge in [0.25, 0.3) is 0 Å². The van der Waals surface area contributed by atoms with Crippen molar-refractivity contribution >= 4 is 41.5 Å². The maximum atomic E-state index is 13.7. The lowest BCUT2D eigenvalue weighted by molar-refractivity contribution is -0.142. The zero-order valence-corrected chi connectivity index (χ0v) is 29.6. The van der Waals surface area contributed by atoms with Crippen LogP contribution in [0.3, 0.4) is 0 Å². The number of amides is 4. The van der Waals surface area contributed by atoms with E-state index in [4.69, 9.17) is 28.7 Å². The number of nitrogens with two attached hydrogens (primary N) is 5. The number of carbonyl (C=O) groups excluding carboxylic acids is 4. The number of nitrogens with one attached hydrogen (secondary N) is 4. The van der Waals surface area contributed by atoms with Crippen LogP contribution in [0.25, 0.3) is 0 Å². The first-order valence-corrected chi connectivity index (χ1v) is 16.9. The average Bonchev–Trinajstić information content (AvgIpc) is 3.05. The zero-order valence-electron chi connectivity index (χ0n) is 29.6. The Labute approximate surface area is 294 Å². The molecule has 0 saturated heterocycles. The summed E-state index contributed by atoms with van der Waals surface area (Å²) in [5.74, 6) is -4.38. The van der Waals surface area contributed by atoms with E-state index >= 15 is 0 Å². The molecule has 0 aliphatic carbocycles. The van der Waals surface area contributed by atoms with Gasteiger partial charge in [-0.25, -0.2) is 4.79 Å². The van der Waals surface area contributed by atoms with Crippen molar-refractivity contribution in [3.63, 3.8) is 0 Å². The Morgan fingerprint density at radius 1 is 0.720 bits per heavy atom. The van der Waals surface area contributed by atoms with Gasteiger partial charge in [-0.3, -0.25) is 29.2 Å². The van der Waals surface area contributed by atoms with Gasteiger partial charge in [0.2, 0.25) is 23.6 Å². The lowest BCUT2D eigenvalue weighted by Gasteiger charge is -2.29. The van der Waals surface area contributed by atoms with Crippen molar-refractivity contribution in [2.45, 2.75) is 103 Å². The predicted molar refractivity (Wildman–Crippen MR) is 192 cm³/mol. The second-order valence-electron chi connectivity index (χ2n) is 12.7. The standard InChI is InChI=1S/C33H57N11O6/c1-5-20(4)26(30(48)43-25(31(49)50)18-21-11-7-6-8-12-21)44-29(47)24(17-19(2)3)42-28(46)23(14-10-16-40-33(37)38)41-27(45)22(34)13-9-15-39-32(35)36/h6-8,11-12,19-20,22-26H,5,9-10,13-18,34H2,1-4H3,(H,41,45)(H,42,46)(H,43,48)(H,44,47)(H,49,50)(H4,35,36,39)(H4,37,38,40)/t20-,22-,23-,24-,25-,26-/m0/s1. The van der Waals surface area contributed by atoms with E-state index in [-0.39, 0.29) is 62.5 Å². The summed E-state index contributed by atoms with van der Waals surface area (Å²) in [4.78, 5) is 73.7. The summed E-state index contributed by atoms with van der Waals surface area (Å²) in [6, 6.07) is 3.39. The van der Waals surface area contributed by atoms with Gasteiger partial charge in [-0.05, 0) is 49.5 Å². The van der Waals surface area contributed by atoms with E-state index in [2.05, 4.69) is 31.3 Å². The minimum Gasteiger partial charge on any atom is -0.480 e. The van der Waals surface area contributed by atoms with Crippen molar-refractivity contribution in [1.29, 1.82) is 0 Å². The third-order valence-electron chi connectivity index (χ3n) is 7.91. The van der Waals surface area contributed by atoms with E-state index in [0.29, 0.717) is 19.3 Å². The number of carbonyl (C=O) groups is 5. The van der Waals surface area contributed by atoms with E-state index in [9.17, 15) is 29.1 Å². The Kier molecular flexibility index (Phi) is 19.5. The quantitative estimate of drug-likeness (QED) is 0.0366. The van der Waals surface area contributed by atoms with Crippen molar-refractivity contribution < 1.29 is 29.1 Å². The summed E-state index contributed by atoms with van der Waals surface area (Å²) in [6.07, 6.45) is 1.86. The average molecular weight is 704 g/mol. The Morgan fingerprint density at radius 3 is 1.76 bits per heavy atom. The number of nitrogens with zero attached hydrogens (tertiary/aromatic N) is 2. The highest BCUT2D eigenvalue weighted by Gasteiger charge is 2.34. The number of carboxylic acids is 1. The van der Waals surface area contributed by atoms with E-state index < -0.39 is 59.8 Å². The molecule has 0 aromatic heterocycles. The maximum absolute atomic E-state index is 13.7. The van der Waals surface area contributed by atoms with Crippen LogP contribution in [0, 0.1) is 11.8 Å². The van der Waals surface area contributed by atoms with Gasteiger partial charge in [-0.2, -0.15) is 0 Å². The first-order valence-electron chi connectivity index (χ1n) is 16.9. The Morgan fingerprint density at radius 2 is 1.24 bits per heavy atom. The van der Waals surface area contributed by atoms with E-state index in [1.165, 1.54) is 0 Å². The minimum atomic E-state index is -1.24. The zero-order chi connectivity index (χ0) is 37.8. The van der Waals surface area contributed by atoms with Crippen LogP contribution in [0.15, 0.2) is 40.3 Å². The third-order valence-corrected chi connectivity index (χ3v) is 7.91. The number of carboxylic acid groups (broad SMARTS) is 1. The highest BCUT2D eigenvalue weighted by atomic mass is 16.4. The molecule has 15 N–H and O–H groups in total. The van der Waals surface area contributed by atoms with Crippen LogP contribution in [-0.2, 0) is 30.4 Å². The molecule has 0 heterocycles. The van der Waals surface area contributed by atoms with Gasteiger partial charge in [0.05, 0.1) is 6.04 Å². The largest absolute Gasteiger partial charge is 0.480 e. The second-order valence-corrected chi connectivity index (χ2v) is 12.7. The molecule has 0 spiro atoms. The van der Waals surface area contributed by atoms with Gasteiger partial charge < -0.3 is 55.0 Å². The molecular weight excluding hydrogens is 646 g/mol. The van der Waals surface area contributed by atoms with Crippen LogP contribution in [0.5, 0.6) is 0 Å². The molecule has 6 atom stereocenters. The third kappa shape index (κ3) is 16.9. The monoisotopic (exact) mass is 703 g/mol. The molecule has 0 bridgehead atoms. The molecule has 0 fully saturated rings. The maximum Gasteiger partial charge on any atom is 0.326 e. The highest BCUT2D eigenvalue weighted by molar-refractivity contribution is 5.95. The number of hydrogen-bond donors (Lipinski definition) is 10. The fraction of sp³-hybridized carbons (Fsp3) is 0.606. The fourth-order valence-electron chi connectivity index (χ4n) is 4.94. The van der Waals surface area contributed by atoms with Crippen molar-refractivity contribution in [3.05, 3.63) is 35.9 Å². The molecule has 0 saturated carbocycles. The summed E-state index contributed by atoms with van der Waals surface area (Å²) in [5, 5.41) is 20.6. The van der Waals surface area contributed by atoms with Crippen molar-refractivity contribution in [2.75, 3.05) is 13.1 Å². The highest BCUT2D eigenvalue weighted by Crippen LogP contribution is 2.13. The Balaban J connectivity index is 3.17. The number of guanidine groups is 2. The normalized spacial score (nSPS) is 14.5. The van der Waals surface area contributed by atoms with Crippen LogP contribution >= 0.6 is 0 Å². The summed E-state index contributed by atoms with van der Waals surface area (Å²) in [7, 11) is 0. The molecule has 0 aliphatic heterocycles. The van der Waals surface area contributed by atoms with Crippen LogP contribution in [-0.4, -0.2) is 89.9 Å². The molecule has 0 aliphatic rings. The fourth-order valence-corrected chi connectivity index (χ4v) is 4.94. The molecule has 1 rings (SSSR count). The number of aliphatic imine (C=N–C) groups is 2. The van der Waals surface area contributed by atoms with Gasteiger partial charge in [0.1, 0.15) is 24.2 Å². The molecule has 1 aromatic rings. The Hall–Kier alpha value is -4.93. The SMILES string of the molecule is CC[C@H](C)[C@H](NC(=O)[C@H](CC(C)C)NC(=O)[C@H](CCCN=C(N)N)NC(=O)[C@@H](N)CCCN=C(N)N)C(=O)N[C@@H](Cc1ccccc1)C(=O)O. The molecule has 4 amide bonds. The van der Waals surface area contributed by atoms with Crippen LogP contribution < -0.4 is 49.9 Å². The Bertz CT molecular complexity index is 1300. The van der Waals surface area contributed by atoms with E-state index in [1.807, 2.05) is 20.8 Å². The van der Waals surface area contributed by atoms with Gasteiger partial charge >= 0.3 is 5.97 Å². The molecule has 1 aromatic carbocycles. The first kappa shape index (κ1) is 43.1. The van der Waals surface area contributed by atoms with Crippen molar-refractivity contribution in [2.24, 2.45) is 50.5 Å². The van der Waals surface area contributed by atoms with Gasteiger partial charge in [-0.1, -0.05) is 64.4 Å². The van der Waals surface area contributed by atoms with Gasteiger partial charge in [-0.15, -0.1) is 0 Å². The molecular formula is C33H57N11O6. The molecule has 17 nitrogen and oxygen atoms in total. The first-order chi connectivity index (χ1) is 23.5. The lowest BCUT2D eigenvalue weighted by atomic mass is 9.96. The number of hydrogen-bond acceptors (Lipinski definition) is 8. The summed E-state index contributed by atoms with van der Waals surface area (Å²) in [6.45, 7) is 7.79. The van der Waals surface area contributed by atoms with E-state index in [0.717, 1.165) is 5.56 Å². The summed E-state index contributed by atoms with van der Waals surface area (Å²) in [5.41, 5.74) is 28.3. The van der Waals surface area contributed by atoms with Crippen molar-refractivity contribution in [1.82, 2.24) is 21.3 Å². The van der Waals surface area contributed by atoms with Crippen molar-refractivity contribution in [3.8, 4) is 0 Å². The van der Waals surface area contributed by atoms with E-state index in [1.54, 1.807) is 37.3 Å². The van der Waals surface area contributed by atoms with Crippen LogP contribution in [0.1, 0.15) is 71.8 Å². The number of rotatable bonds is 23. The van der Waals surface area contributed by atoms with Crippen LogP contribution in [0.4, 0.5) is 0 Å². The van der Waals surface area contributed by atoms with Gasteiger partial charge in [0, 0.05) is 19.5 Å². The molecule has 280 valence electrons. The minimum absolute atomic E-state index is 0.0470. The summed E-state index contributed by atoms with van der Waals surface area (Å²) < 4.78 is 0. The molecule has 0 radical (unpaired) electrons.